The average Bonchev–Trinajstić information content (AvgIpc) is 2.68. The van der Waals surface area contributed by atoms with Crippen LogP contribution < -0.4 is 15.4 Å². The third-order valence-electron chi connectivity index (χ3n) is 3.65. The van der Waals surface area contributed by atoms with Crippen LogP contribution in [0.15, 0.2) is 60.7 Å². The van der Waals surface area contributed by atoms with Crippen molar-refractivity contribution in [3.05, 3.63) is 77.6 Å². The van der Waals surface area contributed by atoms with Crippen LogP contribution in [0.5, 0.6) is 5.75 Å². The molecule has 1 aromatic heterocycles. The van der Waals surface area contributed by atoms with Crippen molar-refractivity contribution in [2.24, 2.45) is 0 Å². The summed E-state index contributed by atoms with van der Waals surface area (Å²) in [7, 11) is 1.62. The van der Waals surface area contributed by atoms with Crippen LogP contribution in [0.25, 0.3) is 0 Å². The van der Waals surface area contributed by atoms with E-state index in [2.05, 4.69) is 20.8 Å². The average molecular weight is 352 g/mol. The molecule has 0 saturated heterocycles. The van der Waals surface area contributed by atoms with Crippen LogP contribution in [0, 0.1) is 5.82 Å². The highest BCUT2D eigenvalue weighted by molar-refractivity contribution is 6.03. The van der Waals surface area contributed by atoms with Crippen molar-refractivity contribution in [1.29, 1.82) is 0 Å². The largest absolute Gasteiger partial charge is 0.497 e. The molecule has 3 rings (SSSR count). The molecule has 2 aromatic carbocycles. The van der Waals surface area contributed by atoms with Gasteiger partial charge in [0.15, 0.2) is 5.82 Å². The van der Waals surface area contributed by atoms with Crippen LogP contribution in [-0.4, -0.2) is 23.2 Å². The van der Waals surface area contributed by atoms with Gasteiger partial charge in [-0.15, -0.1) is 10.2 Å². The van der Waals surface area contributed by atoms with E-state index in [0.717, 1.165) is 11.3 Å². The van der Waals surface area contributed by atoms with E-state index < -0.39 is 5.82 Å². The molecule has 0 aliphatic rings. The monoisotopic (exact) mass is 352 g/mol. The van der Waals surface area contributed by atoms with Gasteiger partial charge in [0, 0.05) is 12.1 Å². The number of nitrogens with one attached hydrogen (secondary N) is 2. The van der Waals surface area contributed by atoms with Gasteiger partial charge in [-0.2, -0.15) is 0 Å². The van der Waals surface area contributed by atoms with Gasteiger partial charge in [0.05, 0.1) is 7.11 Å². The first kappa shape index (κ1) is 17.3. The van der Waals surface area contributed by atoms with Crippen molar-refractivity contribution in [3.63, 3.8) is 0 Å². The molecule has 0 saturated carbocycles. The van der Waals surface area contributed by atoms with E-state index in [1.165, 1.54) is 24.3 Å². The van der Waals surface area contributed by atoms with Crippen molar-refractivity contribution in [2.45, 2.75) is 6.54 Å². The summed E-state index contributed by atoms with van der Waals surface area (Å²) in [4.78, 5) is 12.0. The molecule has 0 bridgehead atoms. The predicted octanol–water partition coefficient (Wildman–Crippen LogP) is 3.49. The van der Waals surface area contributed by atoms with E-state index in [4.69, 9.17) is 4.74 Å². The van der Waals surface area contributed by atoms with Crippen molar-refractivity contribution < 1.29 is 13.9 Å². The Hall–Kier alpha value is -3.48. The zero-order valence-corrected chi connectivity index (χ0v) is 14.1. The highest BCUT2D eigenvalue weighted by atomic mass is 19.1. The molecule has 132 valence electrons. The summed E-state index contributed by atoms with van der Waals surface area (Å²) in [6.45, 7) is 0.583. The molecule has 0 aliphatic heterocycles. The van der Waals surface area contributed by atoms with Crippen molar-refractivity contribution in [2.75, 3.05) is 17.7 Å². The number of ether oxygens (including phenoxy) is 1. The molecule has 0 fully saturated rings. The molecule has 0 atom stereocenters. The van der Waals surface area contributed by atoms with Crippen molar-refractivity contribution >= 4 is 17.5 Å². The van der Waals surface area contributed by atoms with Crippen LogP contribution in [0.4, 0.5) is 16.0 Å². The Labute approximate surface area is 150 Å². The fourth-order valence-electron chi connectivity index (χ4n) is 2.22. The minimum absolute atomic E-state index is 0.314. The lowest BCUT2D eigenvalue weighted by atomic mass is 10.2. The summed E-state index contributed by atoms with van der Waals surface area (Å²) in [6, 6.07) is 16.3. The first-order valence-corrected chi connectivity index (χ1v) is 7.91. The summed E-state index contributed by atoms with van der Waals surface area (Å²) >= 11 is 0. The third-order valence-corrected chi connectivity index (χ3v) is 3.65. The number of halogens is 1. The lowest BCUT2D eigenvalue weighted by molar-refractivity contribution is 0.102. The van der Waals surface area contributed by atoms with Gasteiger partial charge >= 0.3 is 0 Å². The highest BCUT2D eigenvalue weighted by Crippen LogP contribution is 2.13. The van der Waals surface area contributed by atoms with Crippen LogP contribution in [0.2, 0.25) is 0 Å². The normalized spacial score (nSPS) is 10.2. The molecule has 1 amide bonds. The zero-order valence-electron chi connectivity index (χ0n) is 14.1. The maximum atomic E-state index is 12.9. The number of carbonyl (C=O) groups excluding carboxylic acids is 1. The second-order valence-electron chi connectivity index (χ2n) is 5.47. The first-order valence-electron chi connectivity index (χ1n) is 7.91. The van der Waals surface area contributed by atoms with E-state index in [-0.39, 0.29) is 5.91 Å². The second-order valence-corrected chi connectivity index (χ2v) is 5.47. The highest BCUT2D eigenvalue weighted by Gasteiger charge is 2.07. The lowest BCUT2D eigenvalue weighted by Gasteiger charge is -2.07. The van der Waals surface area contributed by atoms with Crippen LogP contribution in [-0.2, 0) is 6.54 Å². The Bertz CT molecular complexity index is 866. The molecule has 3 aromatic rings. The van der Waals surface area contributed by atoms with E-state index in [0.29, 0.717) is 23.7 Å². The fraction of sp³-hybridized carbons (Fsp3) is 0.105. The standard InChI is InChI=1S/C19H17FN4O2/c1-26-16-8-2-13(3-9-16)12-21-17-10-11-18(24-23-17)22-19(25)14-4-6-15(20)7-5-14/h2-11H,12H2,1H3,(H,21,23)(H,22,24,25). The second kappa shape index (κ2) is 8.06. The van der Waals surface area contributed by atoms with Gasteiger partial charge < -0.3 is 15.4 Å². The number of hydrogen-bond donors (Lipinski definition) is 2. The predicted molar refractivity (Wildman–Crippen MR) is 96.7 cm³/mol. The third kappa shape index (κ3) is 4.54. The Morgan fingerprint density at radius 1 is 0.962 bits per heavy atom. The smallest absolute Gasteiger partial charge is 0.256 e. The summed E-state index contributed by atoms with van der Waals surface area (Å²) in [5.41, 5.74) is 1.41. The van der Waals surface area contributed by atoms with Crippen molar-refractivity contribution in [1.82, 2.24) is 10.2 Å². The Morgan fingerprint density at radius 3 is 2.23 bits per heavy atom. The summed E-state index contributed by atoms with van der Waals surface area (Å²) in [5, 5.41) is 13.8. The topological polar surface area (TPSA) is 76.1 Å². The molecular weight excluding hydrogens is 335 g/mol. The molecule has 7 heteroatoms. The molecule has 0 radical (unpaired) electrons. The fourth-order valence-corrected chi connectivity index (χ4v) is 2.22. The van der Waals surface area contributed by atoms with E-state index in [9.17, 15) is 9.18 Å². The number of benzene rings is 2. The van der Waals surface area contributed by atoms with Gasteiger partial charge in [-0.3, -0.25) is 4.79 Å². The number of hydrogen-bond acceptors (Lipinski definition) is 5. The Kier molecular flexibility index (Phi) is 5.38. The van der Waals surface area contributed by atoms with Gasteiger partial charge in [-0.05, 0) is 54.1 Å². The number of amides is 1. The van der Waals surface area contributed by atoms with Gasteiger partial charge in [-0.25, -0.2) is 4.39 Å². The Morgan fingerprint density at radius 2 is 1.62 bits per heavy atom. The SMILES string of the molecule is COc1ccc(CNc2ccc(NC(=O)c3ccc(F)cc3)nn2)cc1. The van der Waals surface area contributed by atoms with Gasteiger partial charge in [-0.1, -0.05) is 12.1 Å². The molecule has 26 heavy (non-hydrogen) atoms. The Balaban J connectivity index is 1.55. The maximum Gasteiger partial charge on any atom is 0.256 e. The number of carbonyl (C=O) groups is 1. The molecular formula is C19H17FN4O2. The van der Waals surface area contributed by atoms with Gasteiger partial charge in [0.25, 0.3) is 5.91 Å². The van der Waals surface area contributed by atoms with Crippen LogP contribution >= 0.6 is 0 Å². The van der Waals surface area contributed by atoms with E-state index in [1.54, 1.807) is 19.2 Å². The molecule has 0 spiro atoms. The van der Waals surface area contributed by atoms with E-state index >= 15 is 0 Å². The molecule has 0 unspecified atom stereocenters. The van der Waals surface area contributed by atoms with Crippen molar-refractivity contribution in [3.8, 4) is 5.75 Å². The summed E-state index contributed by atoms with van der Waals surface area (Å²) in [6.07, 6.45) is 0. The van der Waals surface area contributed by atoms with Crippen LogP contribution in [0.3, 0.4) is 0 Å². The maximum absolute atomic E-state index is 12.9. The molecule has 1 heterocycles. The van der Waals surface area contributed by atoms with Gasteiger partial charge in [0.2, 0.25) is 0 Å². The number of anilines is 2. The lowest BCUT2D eigenvalue weighted by Crippen LogP contribution is -2.13. The number of methoxy groups -OCH3 is 1. The molecule has 6 nitrogen and oxygen atoms in total. The minimum atomic E-state index is -0.395. The number of rotatable bonds is 6. The van der Waals surface area contributed by atoms with Crippen LogP contribution in [0.1, 0.15) is 15.9 Å². The zero-order chi connectivity index (χ0) is 18.4. The molecule has 2 N–H and O–H groups in total. The first-order chi connectivity index (χ1) is 12.6. The summed E-state index contributed by atoms with van der Waals surface area (Å²) < 4.78 is 18.0. The quantitative estimate of drug-likeness (QED) is 0.710. The van der Waals surface area contributed by atoms with Gasteiger partial charge in [0.1, 0.15) is 17.4 Å². The van der Waals surface area contributed by atoms with E-state index in [1.807, 2.05) is 24.3 Å². The number of nitrogens with zero attached hydrogens (tertiary/aromatic N) is 2. The summed E-state index contributed by atoms with van der Waals surface area (Å²) in [5.74, 6) is 0.927. The molecule has 0 aliphatic carbocycles. The number of aromatic nitrogens is 2. The minimum Gasteiger partial charge on any atom is -0.497 e.